The van der Waals surface area contributed by atoms with Gasteiger partial charge >= 0.3 is 0 Å². The Morgan fingerprint density at radius 2 is 1.83 bits per heavy atom. The van der Waals surface area contributed by atoms with Gasteiger partial charge in [-0.3, -0.25) is 0 Å². The second-order valence-corrected chi connectivity index (χ2v) is 0.322. The molecule has 0 bridgehead atoms. The van der Waals surface area contributed by atoms with Gasteiger partial charge in [-0.2, -0.15) is 0 Å². The van der Waals surface area contributed by atoms with Gasteiger partial charge in [-0.1, -0.05) is 0 Å². The molecule has 0 saturated carbocycles. The van der Waals surface area contributed by atoms with E-state index in [1.54, 1.807) is 0 Å². The molecule has 0 unspecified atom stereocenters. The molecule has 0 rings (SSSR count). The molecule has 0 spiro atoms. The van der Waals surface area contributed by atoms with E-state index in [2.05, 4.69) is 6.58 Å². The summed E-state index contributed by atoms with van der Waals surface area (Å²) in [6, 6.07) is 0. The first-order valence-corrected chi connectivity index (χ1v) is 0.901. The van der Waals surface area contributed by atoms with Gasteiger partial charge in [0.1, 0.15) is 0 Å². The smallest absolute Gasteiger partial charge is 0 e. The van der Waals surface area contributed by atoms with Crippen molar-refractivity contribution in [3.8, 4) is 0 Å². The minimum Gasteiger partial charge on any atom is -0.419 e. The number of hydrogen-bond acceptors (Lipinski definition) is 1. The van der Waals surface area contributed by atoms with Crippen LogP contribution >= 0.6 is 0 Å². The van der Waals surface area contributed by atoms with Crippen molar-refractivity contribution in [1.29, 1.82) is 0 Å². The van der Waals surface area contributed by atoms with Gasteiger partial charge in [-0.05, 0) is 6.29 Å². The zero-order chi connectivity index (χ0) is 3.41. The van der Waals surface area contributed by atoms with E-state index in [0.29, 0.717) is 0 Å². The maximum atomic E-state index is 8.93. The molecule has 0 radical (unpaired) electrons. The number of hydrogen-bond donors (Lipinski definition) is 0. The summed E-state index contributed by atoms with van der Waals surface area (Å²) in [7, 11) is 0. The Kier molecular flexibility index (Phi) is 46.5. The summed E-state index contributed by atoms with van der Waals surface area (Å²) in [6.07, 6.45) is 2.51. The summed E-state index contributed by atoms with van der Waals surface area (Å²) in [4.78, 5) is 8.93. The average Bonchev–Trinajstić information content (AvgIpc) is 1.37. The Morgan fingerprint density at radius 3 is 1.83 bits per heavy atom. The Hall–Kier alpha value is 0.618. The van der Waals surface area contributed by atoms with E-state index in [1.807, 2.05) is 0 Å². The van der Waals surface area contributed by atoms with Crippen LogP contribution in [-0.4, -0.2) is 6.29 Å². The molecular formula is C3H3NiOTi-. The van der Waals surface area contributed by atoms with Crippen LogP contribution in [0.25, 0.3) is 0 Å². The van der Waals surface area contributed by atoms with E-state index in [4.69, 9.17) is 4.79 Å². The van der Waals surface area contributed by atoms with Crippen molar-refractivity contribution >= 4 is 6.29 Å². The zero-order valence-corrected chi connectivity index (χ0v) is 5.56. The van der Waals surface area contributed by atoms with Crippen molar-refractivity contribution < 1.29 is 43.0 Å². The topological polar surface area (TPSA) is 17.1 Å². The molecular weight excluding hydrogens is 159 g/mol. The molecule has 0 aromatic heterocycles. The monoisotopic (exact) mass is 161 g/mol. The summed E-state index contributed by atoms with van der Waals surface area (Å²) < 4.78 is 0. The third-order valence-corrected chi connectivity index (χ3v) is 0.0833. The fourth-order valence-corrected chi connectivity index (χ4v) is 0. The van der Waals surface area contributed by atoms with E-state index >= 15 is 0 Å². The SMILES string of the molecule is C=C[C-]=O.[Ni].[Ti]. The normalized spacial score (nSPS) is 3.33. The van der Waals surface area contributed by atoms with E-state index in [1.165, 1.54) is 6.29 Å². The summed E-state index contributed by atoms with van der Waals surface area (Å²) in [5.41, 5.74) is 0. The van der Waals surface area contributed by atoms with Crippen molar-refractivity contribution in [2.75, 3.05) is 0 Å². The van der Waals surface area contributed by atoms with Gasteiger partial charge in [0.15, 0.2) is 0 Å². The maximum Gasteiger partial charge on any atom is 0 e. The molecule has 0 heterocycles. The Morgan fingerprint density at radius 1 is 1.67 bits per heavy atom. The summed E-state index contributed by atoms with van der Waals surface area (Å²) in [5, 5.41) is 0. The van der Waals surface area contributed by atoms with E-state index < -0.39 is 0 Å². The molecule has 0 aromatic rings. The van der Waals surface area contributed by atoms with E-state index in [0.717, 1.165) is 6.08 Å². The van der Waals surface area contributed by atoms with Crippen LogP contribution in [0.3, 0.4) is 0 Å². The predicted octanol–water partition coefficient (Wildman–Crippen LogP) is 0.277. The van der Waals surface area contributed by atoms with Gasteiger partial charge in [0.25, 0.3) is 0 Å². The summed E-state index contributed by atoms with van der Waals surface area (Å²) in [6.45, 7) is 3.06. The standard InChI is InChI=1S/C3H3O.Ni.Ti/c1-2-3-4;;/h2H,1H2;;/q-1;;. The second kappa shape index (κ2) is 17.5. The van der Waals surface area contributed by atoms with Gasteiger partial charge < -0.3 is 4.79 Å². The van der Waals surface area contributed by atoms with Crippen LogP contribution in [0.5, 0.6) is 0 Å². The zero-order valence-electron chi connectivity index (χ0n) is 3.01. The molecule has 0 aliphatic rings. The molecule has 36 valence electrons. The fraction of sp³-hybridized carbons (Fsp3) is 0. The molecule has 0 aliphatic carbocycles. The molecule has 3 heteroatoms. The molecule has 0 aliphatic heterocycles. The van der Waals surface area contributed by atoms with Crippen molar-refractivity contribution in [2.45, 2.75) is 0 Å². The predicted molar refractivity (Wildman–Crippen MR) is 15.9 cm³/mol. The van der Waals surface area contributed by atoms with E-state index in [-0.39, 0.29) is 38.2 Å². The Balaban J connectivity index is -0.0000000450. The van der Waals surface area contributed by atoms with Crippen LogP contribution in [-0.2, 0) is 43.0 Å². The molecule has 0 fully saturated rings. The van der Waals surface area contributed by atoms with Crippen LogP contribution < -0.4 is 0 Å². The molecule has 0 amide bonds. The maximum absolute atomic E-state index is 8.93. The molecule has 1 nitrogen and oxygen atoms in total. The first-order valence-electron chi connectivity index (χ1n) is 0.901. The Labute approximate surface area is 62.0 Å². The second-order valence-electron chi connectivity index (χ2n) is 0.322. The van der Waals surface area contributed by atoms with Gasteiger partial charge in [0.2, 0.25) is 0 Å². The van der Waals surface area contributed by atoms with Crippen molar-refractivity contribution in [2.24, 2.45) is 0 Å². The first kappa shape index (κ1) is 16.0. The van der Waals surface area contributed by atoms with Gasteiger partial charge in [-0.25, -0.2) is 12.7 Å². The summed E-state index contributed by atoms with van der Waals surface area (Å²) >= 11 is 0. The van der Waals surface area contributed by atoms with Crippen LogP contribution in [0.4, 0.5) is 0 Å². The van der Waals surface area contributed by atoms with Gasteiger partial charge in [-0.15, -0.1) is 0 Å². The number of carbonyl (C=O) groups excluding carboxylic acids is 1. The average molecular weight is 162 g/mol. The minimum atomic E-state index is 0. The molecule has 6 heavy (non-hydrogen) atoms. The molecule has 0 aromatic carbocycles. The van der Waals surface area contributed by atoms with Crippen molar-refractivity contribution in [1.82, 2.24) is 0 Å². The number of allylic oxidation sites excluding steroid dienone is 1. The molecule has 0 N–H and O–H groups in total. The van der Waals surface area contributed by atoms with E-state index in [9.17, 15) is 0 Å². The van der Waals surface area contributed by atoms with Gasteiger partial charge in [0, 0.05) is 38.2 Å². The van der Waals surface area contributed by atoms with Crippen molar-refractivity contribution in [3.63, 3.8) is 0 Å². The largest absolute Gasteiger partial charge is 0.419 e. The first-order chi connectivity index (χ1) is 1.91. The third-order valence-electron chi connectivity index (χ3n) is 0.0833. The summed E-state index contributed by atoms with van der Waals surface area (Å²) in [5.74, 6) is 0. The van der Waals surface area contributed by atoms with Crippen LogP contribution in [0.2, 0.25) is 0 Å². The van der Waals surface area contributed by atoms with Crippen molar-refractivity contribution in [3.05, 3.63) is 12.7 Å². The van der Waals surface area contributed by atoms with Gasteiger partial charge in [0.05, 0.1) is 0 Å². The van der Waals surface area contributed by atoms with Crippen LogP contribution in [0.15, 0.2) is 12.7 Å². The Bertz CT molecular complexity index is 31.8. The third kappa shape index (κ3) is 23.1. The van der Waals surface area contributed by atoms with Crippen LogP contribution in [0, 0.1) is 0 Å². The quantitative estimate of drug-likeness (QED) is 0.307. The number of rotatable bonds is 1. The fourth-order valence-electron chi connectivity index (χ4n) is 0. The molecule has 0 saturated heterocycles. The molecule has 0 atom stereocenters. The minimum absolute atomic E-state index is 0. The van der Waals surface area contributed by atoms with Crippen LogP contribution in [0.1, 0.15) is 0 Å².